The number of hydrogen-bond acceptors (Lipinski definition) is 5. The molecule has 4 aliphatic heterocycles. The van der Waals surface area contributed by atoms with Crippen molar-refractivity contribution in [2.45, 2.75) is 23.4 Å². The molecule has 2 aromatic carbocycles. The molecule has 34 heavy (non-hydrogen) atoms. The summed E-state index contributed by atoms with van der Waals surface area (Å²) in [6.45, 7) is 0.349. The Hall–Kier alpha value is -2.03. The van der Waals surface area contributed by atoms with Crippen LogP contribution in [-0.2, 0) is 19.9 Å². The molecular weight excluding hydrogens is 524 g/mol. The summed E-state index contributed by atoms with van der Waals surface area (Å²) >= 11 is 25.5. The van der Waals surface area contributed by atoms with Gasteiger partial charge in [-0.1, -0.05) is 34.8 Å². The Morgan fingerprint density at radius 2 is 1.76 bits per heavy atom. The Morgan fingerprint density at radius 1 is 1.03 bits per heavy atom. The van der Waals surface area contributed by atoms with Gasteiger partial charge in [-0.3, -0.25) is 19.3 Å². The predicted molar refractivity (Wildman–Crippen MR) is 129 cm³/mol. The number of hydrogen-bond donors (Lipinski definition) is 1. The van der Waals surface area contributed by atoms with E-state index in [0.717, 1.165) is 4.90 Å². The second-order valence-corrected chi connectivity index (χ2v) is 10.8. The zero-order chi connectivity index (χ0) is 24.1. The zero-order valence-corrected chi connectivity index (χ0v) is 20.7. The van der Waals surface area contributed by atoms with Crippen LogP contribution in [0.1, 0.15) is 12.0 Å². The maximum absolute atomic E-state index is 14.0. The van der Waals surface area contributed by atoms with Crippen molar-refractivity contribution in [2.75, 3.05) is 23.9 Å². The molecule has 7 nitrogen and oxygen atoms in total. The standard InChI is InChI=1S/C23H17Cl4N3O4/c1-34-13-3-9(24)2-12(7-13)30-20(31)17-16-6-11(26)8-29(16)23(18(17)21(30)32)14-4-10(25)5-15(27)19(14)28-22(23)33/h2-5,7,11,16-18H,6,8H2,1H3,(H,28,33)/t11-,16?,17?,18?,23?/m0/s1. The fourth-order valence-electron chi connectivity index (χ4n) is 6.23. The van der Waals surface area contributed by atoms with Gasteiger partial charge in [0.25, 0.3) is 5.91 Å². The molecule has 4 heterocycles. The maximum Gasteiger partial charge on any atom is 0.250 e. The van der Waals surface area contributed by atoms with E-state index in [1.807, 2.05) is 4.90 Å². The van der Waals surface area contributed by atoms with Crippen LogP contribution in [0.15, 0.2) is 30.3 Å². The van der Waals surface area contributed by atoms with Crippen LogP contribution in [0, 0.1) is 11.8 Å². The van der Waals surface area contributed by atoms with E-state index in [1.54, 1.807) is 18.2 Å². The van der Waals surface area contributed by atoms with E-state index in [1.165, 1.54) is 19.2 Å². The van der Waals surface area contributed by atoms with Crippen LogP contribution < -0.4 is 15.0 Å². The first kappa shape index (κ1) is 22.4. The Morgan fingerprint density at radius 3 is 2.50 bits per heavy atom. The predicted octanol–water partition coefficient (Wildman–Crippen LogP) is 4.30. The summed E-state index contributed by atoms with van der Waals surface area (Å²) in [6, 6.07) is 7.46. The van der Waals surface area contributed by atoms with Crippen molar-refractivity contribution in [2.24, 2.45) is 11.8 Å². The van der Waals surface area contributed by atoms with Crippen molar-refractivity contribution >= 4 is 75.5 Å². The molecule has 0 saturated carbocycles. The summed E-state index contributed by atoms with van der Waals surface area (Å²) in [4.78, 5) is 44.6. The van der Waals surface area contributed by atoms with Crippen LogP contribution in [0.25, 0.3) is 0 Å². The van der Waals surface area contributed by atoms with Crippen molar-refractivity contribution in [1.82, 2.24) is 4.90 Å². The molecule has 4 aliphatic rings. The smallest absolute Gasteiger partial charge is 0.250 e. The van der Waals surface area contributed by atoms with E-state index >= 15 is 0 Å². The fourth-order valence-corrected chi connectivity index (χ4v) is 7.32. The molecule has 0 radical (unpaired) electrons. The lowest BCUT2D eigenvalue weighted by Crippen LogP contribution is -2.54. The summed E-state index contributed by atoms with van der Waals surface area (Å²) in [5.41, 5.74) is -0.271. The lowest BCUT2D eigenvalue weighted by molar-refractivity contribution is -0.135. The van der Waals surface area contributed by atoms with Gasteiger partial charge in [-0.25, -0.2) is 4.90 Å². The van der Waals surface area contributed by atoms with Crippen molar-refractivity contribution in [3.63, 3.8) is 0 Å². The van der Waals surface area contributed by atoms with Gasteiger partial charge in [-0.15, -0.1) is 11.6 Å². The highest BCUT2D eigenvalue weighted by atomic mass is 35.5. The van der Waals surface area contributed by atoms with Crippen molar-refractivity contribution in [3.8, 4) is 5.75 Å². The third-order valence-electron chi connectivity index (χ3n) is 7.36. The monoisotopic (exact) mass is 539 g/mol. The average Bonchev–Trinajstić information content (AvgIpc) is 3.44. The highest BCUT2D eigenvalue weighted by molar-refractivity contribution is 6.38. The van der Waals surface area contributed by atoms with Gasteiger partial charge in [-0.05, 0) is 30.7 Å². The van der Waals surface area contributed by atoms with E-state index in [4.69, 9.17) is 51.1 Å². The molecule has 0 aromatic heterocycles. The lowest BCUT2D eigenvalue weighted by Gasteiger charge is -2.36. The first-order valence-electron chi connectivity index (χ1n) is 10.6. The third kappa shape index (κ3) is 2.73. The van der Waals surface area contributed by atoms with Gasteiger partial charge in [0.15, 0.2) is 0 Å². The highest BCUT2D eigenvalue weighted by Gasteiger charge is 2.75. The Labute approximate surface area is 214 Å². The molecule has 1 spiro atoms. The summed E-state index contributed by atoms with van der Waals surface area (Å²) in [7, 11) is 1.47. The molecule has 4 unspecified atom stereocenters. The molecule has 6 rings (SSSR count). The largest absolute Gasteiger partial charge is 0.497 e. The minimum Gasteiger partial charge on any atom is -0.497 e. The first-order chi connectivity index (χ1) is 16.2. The number of nitrogens with one attached hydrogen (secondary N) is 1. The van der Waals surface area contributed by atoms with E-state index in [9.17, 15) is 14.4 Å². The van der Waals surface area contributed by atoms with Gasteiger partial charge >= 0.3 is 0 Å². The summed E-state index contributed by atoms with van der Waals surface area (Å²) < 4.78 is 5.27. The SMILES string of the molecule is COc1cc(Cl)cc(N2C(=O)C3C4C[C@H](Cl)CN4C4(C(=O)Nc5c(Cl)cc(Cl)cc54)C3C2=O)c1. The average molecular weight is 541 g/mol. The number of anilines is 2. The normalized spacial score (nSPS) is 31.8. The second-order valence-electron chi connectivity index (χ2n) is 8.95. The van der Waals surface area contributed by atoms with Crippen molar-refractivity contribution in [3.05, 3.63) is 51.0 Å². The molecule has 2 aromatic rings. The summed E-state index contributed by atoms with van der Waals surface area (Å²) in [5.74, 6) is -2.64. The number of imide groups is 1. The lowest BCUT2D eigenvalue weighted by atomic mass is 9.75. The number of alkyl halides is 1. The minimum absolute atomic E-state index is 0.266. The number of methoxy groups -OCH3 is 1. The molecule has 0 bridgehead atoms. The molecule has 3 fully saturated rings. The number of benzene rings is 2. The van der Waals surface area contributed by atoms with Crippen molar-refractivity contribution in [1.29, 1.82) is 0 Å². The molecule has 3 saturated heterocycles. The van der Waals surface area contributed by atoms with Crippen molar-refractivity contribution < 1.29 is 19.1 Å². The van der Waals surface area contributed by atoms with Crippen LogP contribution in [0.5, 0.6) is 5.75 Å². The number of fused-ring (bicyclic) bond motifs is 7. The van der Waals surface area contributed by atoms with Gasteiger partial charge in [0, 0.05) is 39.6 Å². The number of carbonyl (C=O) groups is 3. The zero-order valence-electron chi connectivity index (χ0n) is 17.6. The van der Waals surface area contributed by atoms with Crippen LogP contribution >= 0.6 is 46.4 Å². The summed E-state index contributed by atoms with van der Waals surface area (Å²) in [5, 5.41) is 3.47. The van der Waals surface area contributed by atoms with Gasteiger partial charge in [0.1, 0.15) is 11.3 Å². The van der Waals surface area contributed by atoms with Gasteiger partial charge in [0.2, 0.25) is 11.8 Å². The van der Waals surface area contributed by atoms with Crippen LogP contribution in [0.3, 0.4) is 0 Å². The Balaban J connectivity index is 1.57. The van der Waals surface area contributed by atoms with Crippen LogP contribution in [-0.4, -0.2) is 47.7 Å². The Kier molecular flexibility index (Phi) is 4.94. The van der Waals surface area contributed by atoms with Crippen LogP contribution in [0.4, 0.5) is 11.4 Å². The van der Waals surface area contributed by atoms with E-state index in [0.29, 0.717) is 45.7 Å². The molecule has 3 amide bonds. The van der Waals surface area contributed by atoms with E-state index in [2.05, 4.69) is 5.32 Å². The van der Waals surface area contributed by atoms with Gasteiger partial charge in [0.05, 0.1) is 35.3 Å². The molecule has 1 N–H and O–H groups in total. The molecule has 11 heteroatoms. The minimum atomic E-state index is -1.45. The van der Waals surface area contributed by atoms with E-state index in [-0.39, 0.29) is 10.4 Å². The highest BCUT2D eigenvalue weighted by Crippen LogP contribution is 2.62. The maximum atomic E-state index is 14.0. The van der Waals surface area contributed by atoms with E-state index < -0.39 is 41.1 Å². The number of nitrogens with zero attached hydrogens (tertiary/aromatic N) is 2. The van der Waals surface area contributed by atoms with Crippen LogP contribution in [0.2, 0.25) is 15.1 Å². The molecule has 0 aliphatic carbocycles. The number of halogens is 4. The first-order valence-corrected chi connectivity index (χ1v) is 12.2. The molecule has 5 atom stereocenters. The Bertz CT molecular complexity index is 1300. The third-order valence-corrected chi connectivity index (χ3v) is 8.41. The number of rotatable bonds is 2. The summed E-state index contributed by atoms with van der Waals surface area (Å²) in [6.07, 6.45) is 0.465. The number of amides is 3. The topological polar surface area (TPSA) is 79.0 Å². The molecular formula is C23H17Cl4N3O4. The fraction of sp³-hybridized carbons (Fsp3) is 0.348. The number of ether oxygens (including phenoxy) is 1. The second kappa shape index (κ2) is 7.48. The van der Waals surface area contributed by atoms with Gasteiger partial charge in [-0.2, -0.15) is 0 Å². The van der Waals surface area contributed by atoms with Gasteiger partial charge < -0.3 is 10.1 Å². The quantitative estimate of drug-likeness (QED) is 0.454. The number of carbonyl (C=O) groups excluding carboxylic acids is 3. The molecule has 176 valence electrons.